The third-order valence-corrected chi connectivity index (χ3v) is 3.53. The lowest BCUT2D eigenvalue weighted by molar-refractivity contribution is 0.182. The van der Waals surface area contributed by atoms with Crippen LogP contribution < -0.4 is 10.9 Å². The van der Waals surface area contributed by atoms with Crippen LogP contribution in [0.1, 0.15) is 18.5 Å². The second-order valence-corrected chi connectivity index (χ2v) is 5.05. The average Bonchev–Trinajstić information content (AvgIpc) is 2.52. The molecule has 112 valence electrons. The van der Waals surface area contributed by atoms with Crippen molar-refractivity contribution in [2.45, 2.75) is 19.5 Å². The molecule has 1 N–H and O–H groups in total. The van der Waals surface area contributed by atoms with Gasteiger partial charge in [-0.1, -0.05) is 41.9 Å². The summed E-state index contributed by atoms with van der Waals surface area (Å²) in [5, 5.41) is 7.45. The second kappa shape index (κ2) is 7.24. The van der Waals surface area contributed by atoms with Crippen molar-refractivity contribution in [2.24, 2.45) is 0 Å². The molecule has 1 heterocycles. The molecule has 2 aromatic rings. The molecule has 0 radical (unpaired) electrons. The summed E-state index contributed by atoms with van der Waals surface area (Å²) in [6.45, 7) is 2.79. The van der Waals surface area contributed by atoms with E-state index in [-0.39, 0.29) is 16.6 Å². The third-order valence-electron chi connectivity index (χ3n) is 3.16. The molecule has 1 unspecified atom stereocenters. The summed E-state index contributed by atoms with van der Waals surface area (Å²) in [5.74, 6) is 0. The number of aromatic nitrogens is 2. The molecule has 21 heavy (non-hydrogen) atoms. The smallest absolute Gasteiger partial charge is 0.287 e. The predicted molar refractivity (Wildman–Crippen MR) is 83.9 cm³/mol. The highest BCUT2D eigenvalue weighted by Gasteiger charge is 2.12. The van der Waals surface area contributed by atoms with Crippen LogP contribution in [0.25, 0.3) is 0 Å². The van der Waals surface area contributed by atoms with Gasteiger partial charge in [-0.05, 0) is 12.5 Å². The van der Waals surface area contributed by atoms with E-state index in [0.29, 0.717) is 18.8 Å². The maximum Gasteiger partial charge on any atom is 0.287 e. The number of hydrogen-bond donors (Lipinski definition) is 1. The van der Waals surface area contributed by atoms with E-state index >= 15 is 0 Å². The van der Waals surface area contributed by atoms with E-state index in [1.54, 1.807) is 13.3 Å². The van der Waals surface area contributed by atoms with Crippen molar-refractivity contribution < 1.29 is 4.74 Å². The van der Waals surface area contributed by atoms with Crippen LogP contribution in [0.5, 0.6) is 0 Å². The fourth-order valence-corrected chi connectivity index (χ4v) is 2.16. The fourth-order valence-electron chi connectivity index (χ4n) is 1.96. The first-order chi connectivity index (χ1) is 10.1. The van der Waals surface area contributed by atoms with Crippen molar-refractivity contribution in [3.63, 3.8) is 0 Å². The zero-order chi connectivity index (χ0) is 15.2. The van der Waals surface area contributed by atoms with Gasteiger partial charge >= 0.3 is 0 Å². The molecule has 0 saturated carbocycles. The van der Waals surface area contributed by atoms with Gasteiger partial charge < -0.3 is 10.1 Å². The first-order valence-corrected chi connectivity index (χ1v) is 7.07. The zero-order valence-electron chi connectivity index (χ0n) is 12.0. The zero-order valence-corrected chi connectivity index (χ0v) is 12.8. The first-order valence-electron chi connectivity index (χ1n) is 6.69. The minimum absolute atomic E-state index is 0.0275. The van der Waals surface area contributed by atoms with E-state index < -0.39 is 0 Å². The predicted octanol–water partition coefficient (Wildman–Crippen LogP) is 2.72. The number of halogens is 1. The van der Waals surface area contributed by atoms with E-state index in [0.717, 1.165) is 5.56 Å². The van der Waals surface area contributed by atoms with Crippen molar-refractivity contribution in [1.82, 2.24) is 9.78 Å². The summed E-state index contributed by atoms with van der Waals surface area (Å²) >= 11 is 6.13. The van der Waals surface area contributed by atoms with E-state index in [2.05, 4.69) is 10.4 Å². The molecule has 2 rings (SSSR count). The quantitative estimate of drug-likeness (QED) is 0.891. The molecular weight excluding hydrogens is 290 g/mol. The highest BCUT2D eigenvalue weighted by atomic mass is 35.5. The molecule has 0 saturated heterocycles. The van der Waals surface area contributed by atoms with Crippen LogP contribution >= 0.6 is 11.6 Å². The molecule has 6 heteroatoms. The van der Waals surface area contributed by atoms with Crippen LogP contribution in [0.4, 0.5) is 5.69 Å². The van der Waals surface area contributed by atoms with E-state index in [9.17, 15) is 4.79 Å². The number of rotatable bonds is 6. The molecule has 0 amide bonds. The fraction of sp³-hybridized carbons (Fsp3) is 0.333. The molecule has 0 aliphatic rings. The van der Waals surface area contributed by atoms with Crippen molar-refractivity contribution in [3.05, 3.63) is 57.5 Å². The highest BCUT2D eigenvalue weighted by Crippen LogP contribution is 2.22. The van der Waals surface area contributed by atoms with E-state index in [1.165, 1.54) is 4.68 Å². The van der Waals surface area contributed by atoms with Gasteiger partial charge in [0.05, 0.1) is 25.0 Å². The normalized spacial score (nSPS) is 12.1. The number of methoxy groups -OCH3 is 1. The molecule has 0 aliphatic carbocycles. The Bertz CT molecular complexity index is 643. The Morgan fingerprint density at radius 2 is 2.10 bits per heavy atom. The molecule has 5 nitrogen and oxygen atoms in total. The molecule has 1 atom stereocenters. The monoisotopic (exact) mass is 307 g/mol. The Labute approximate surface area is 128 Å². The van der Waals surface area contributed by atoms with Crippen LogP contribution in [0, 0.1) is 0 Å². The summed E-state index contributed by atoms with van der Waals surface area (Å²) in [5.41, 5.74) is 1.32. The molecule has 0 bridgehead atoms. The molecule has 0 aliphatic heterocycles. The van der Waals surface area contributed by atoms with Gasteiger partial charge in [0.25, 0.3) is 5.56 Å². The van der Waals surface area contributed by atoms with Gasteiger partial charge in [0.2, 0.25) is 0 Å². The van der Waals surface area contributed by atoms with E-state index in [1.807, 2.05) is 37.3 Å². The Hall–Kier alpha value is -1.85. The third kappa shape index (κ3) is 3.83. The van der Waals surface area contributed by atoms with Crippen LogP contribution in [0.2, 0.25) is 5.02 Å². The summed E-state index contributed by atoms with van der Waals surface area (Å²) in [6.07, 6.45) is 1.57. The average molecular weight is 308 g/mol. The Kier molecular flexibility index (Phi) is 5.36. The number of nitrogens with zero attached hydrogens (tertiary/aromatic N) is 2. The molecular formula is C15H18ClN3O2. The van der Waals surface area contributed by atoms with Crippen LogP contribution in [-0.4, -0.2) is 23.5 Å². The van der Waals surface area contributed by atoms with Crippen LogP contribution in [-0.2, 0) is 11.3 Å². The summed E-state index contributed by atoms with van der Waals surface area (Å²) in [6, 6.07) is 9.95. The van der Waals surface area contributed by atoms with Crippen molar-refractivity contribution in [3.8, 4) is 0 Å². The van der Waals surface area contributed by atoms with Gasteiger partial charge in [-0.25, -0.2) is 4.68 Å². The van der Waals surface area contributed by atoms with E-state index in [4.69, 9.17) is 16.3 Å². The minimum atomic E-state index is -0.320. The van der Waals surface area contributed by atoms with Gasteiger partial charge in [0, 0.05) is 13.2 Å². The number of anilines is 1. The number of benzene rings is 1. The number of hydrogen-bond acceptors (Lipinski definition) is 4. The van der Waals surface area contributed by atoms with Crippen molar-refractivity contribution in [2.75, 3.05) is 19.0 Å². The van der Waals surface area contributed by atoms with Crippen LogP contribution in [0.3, 0.4) is 0 Å². The minimum Gasteiger partial charge on any atom is -0.383 e. The van der Waals surface area contributed by atoms with Gasteiger partial charge in [0.15, 0.2) is 0 Å². The SMILES string of the molecule is COCCn1ncc(NC(C)c2ccccc2)c(Cl)c1=O. The van der Waals surface area contributed by atoms with Gasteiger partial charge in [-0.3, -0.25) is 4.79 Å². The number of nitrogens with one attached hydrogen (secondary N) is 1. The Balaban J connectivity index is 2.18. The van der Waals surface area contributed by atoms with Gasteiger partial charge in [-0.15, -0.1) is 0 Å². The maximum atomic E-state index is 12.1. The lowest BCUT2D eigenvalue weighted by Crippen LogP contribution is -2.26. The largest absolute Gasteiger partial charge is 0.383 e. The Morgan fingerprint density at radius 1 is 1.38 bits per heavy atom. The van der Waals surface area contributed by atoms with Gasteiger partial charge in [-0.2, -0.15) is 5.10 Å². The van der Waals surface area contributed by atoms with Crippen LogP contribution in [0.15, 0.2) is 41.3 Å². The Morgan fingerprint density at radius 3 is 2.76 bits per heavy atom. The standard InChI is InChI=1S/C15H18ClN3O2/c1-11(12-6-4-3-5-7-12)18-13-10-17-19(8-9-21-2)15(20)14(13)16/h3-7,10-11,18H,8-9H2,1-2H3. The topological polar surface area (TPSA) is 56.1 Å². The lowest BCUT2D eigenvalue weighted by atomic mass is 10.1. The van der Waals surface area contributed by atoms with Gasteiger partial charge in [0.1, 0.15) is 5.02 Å². The number of ether oxygens (including phenoxy) is 1. The summed E-state index contributed by atoms with van der Waals surface area (Å²) < 4.78 is 6.23. The lowest BCUT2D eigenvalue weighted by Gasteiger charge is -2.16. The molecule has 0 spiro atoms. The van der Waals surface area contributed by atoms with Crippen molar-refractivity contribution in [1.29, 1.82) is 0 Å². The summed E-state index contributed by atoms with van der Waals surface area (Å²) in [7, 11) is 1.57. The molecule has 1 aromatic carbocycles. The summed E-state index contributed by atoms with van der Waals surface area (Å²) in [4.78, 5) is 12.1. The van der Waals surface area contributed by atoms with Crippen molar-refractivity contribution >= 4 is 17.3 Å². The highest BCUT2D eigenvalue weighted by molar-refractivity contribution is 6.32. The second-order valence-electron chi connectivity index (χ2n) is 4.67. The molecule has 0 fully saturated rings. The maximum absolute atomic E-state index is 12.1. The molecule has 1 aromatic heterocycles. The first kappa shape index (κ1) is 15.5.